The number of carbonyl (C=O) groups excluding carboxylic acids is 2. The number of amides is 3. The predicted molar refractivity (Wildman–Crippen MR) is 93.6 cm³/mol. The van der Waals surface area contributed by atoms with Crippen molar-refractivity contribution in [3.63, 3.8) is 0 Å². The van der Waals surface area contributed by atoms with E-state index in [9.17, 15) is 9.59 Å². The zero-order valence-electron chi connectivity index (χ0n) is 14.0. The molecule has 6 nitrogen and oxygen atoms in total. The summed E-state index contributed by atoms with van der Waals surface area (Å²) >= 11 is 0. The molecule has 1 aliphatic heterocycles. The van der Waals surface area contributed by atoms with Crippen LogP contribution >= 0.6 is 0 Å². The highest BCUT2D eigenvalue weighted by Crippen LogP contribution is 2.14. The fourth-order valence-corrected chi connectivity index (χ4v) is 2.56. The number of primary amides is 1. The van der Waals surface area contributed by atoms with Crippen LogP contribution in [0.4, 0.5) is 4.79 Å². The summed E-state index contributed by atoms with van der Waals surface area (Å²) in [6, 6.07) is 7.31. The number of urea groups is 1. The molecule has 6 heteroatoms. The first-order chi connectivity index (χ1) is 11.6. The highest BCUT2D eigenvalue weighted by atomic mass is 16.5. The van der Waals surface area contributed by atoms with Gasteiger partial charge in [0.1, 0.15) is 5.75 Å². The molecule has 1 saturated heterocycles. The Bertz CT molecular complexity index is 576. The number of rotatable bonds is 6. The SMILES string of the molecule is CCCOc1ccc(/C=C\C(=O)NC2CCN(C(N)=O)CC2)cc1. The topological polar surface area (TPSA) is 84.7 Å². The van der Waals surface area contributed by atoms with Gasteiger partial charge < -0.3 is 20.7 Å². The molecule has 0 aliphatic carbocycles. The maximum atomic E-state index is 12.0. The molecule has 0 saturated carbocycles. The molecule has 0 spiro atoms. The minimum absolute atomic E-state index is 0.0857. The van der Waals surface area contributed by atoms with Gasteiger partial charge in [-0.25, -0.2) is 4.79 Å². The third-order valence-electron chi connectivity index (χ3n) is 3.93. The fourth-order valence-electron chi connectivity index (χ4n) is 2.56. The summed E-state index contributed by atoms with van der Waals surface area (Å²) in [5.41, 5.74) is 6.19. The predicted octanol–water partition coefficient (Wildman–Crippen LogP) is 2.15. The van der Waals surface area contributed by atoms with E-state index in [1.54, 1.807) is 11.0 Å². The quantitative estimate of drug-likeness (QED) is 0.783. The molecule has 1 aromatic rings. The molecular formula is C18H25N3O3. The van der Waals surface area contributed by atoms with Crippen LogP contribution < -0.4 is 15.8 Å². The van der Waals surface area contributed by atoms with Gasteiger partial charge >= 0.3 is 6.03 Å². The van der Waals surface area contributed by atoms with E-state index in [1.165, 1.54) is 6.08 Å². The first kappa shape index (κ1) is 17.8. The molecule has 0 radical (unpaired) electrons. The summed E-state index contributed by atoms with van der Waals surface area (Å²) in [5, 5.41) is 2.96. The highest BCUT2D eigenvalue weighted by Gasteiger charge is 2.21. The Balaban J connectivity index is 1.77. The molecule has 3 amide bonds. The van der Waals surface area contributed by atoms with Gasteiger partial charge in [-0.15, -0.1) is 0 Å². The molecule has 130 valence electrons. The van der Waals surface area contributed by atoms with Crippen molar-refractivity contribution in [2.75, 3.05) is 19.7 Å². The monoisotopic (exact) mass is 331 g/mol. The highest BCUT2D eigenvalue weighted by molar-refractivity contribution is 5.91. The van der Waals surface area contributed by atoms with Gasteiger partial charge in [0.05, 0.1) is 6.61 Å². The second kappa shape index (κ2) is 8.96. The molecule has 1 heterocycles. The van der Waals surface area contributed by atoms with Crippen molar-refractivity contribution in [1.29, 1.82) is 0 Å². The molecule has 0 bridgehead atoms. The van der Waals surface area contributed by atoms with Crippen LogP contribution in [-0.4, -0.2) is 42.6 Å². The number of ether oxygens (including phenoxy) is 1. The van der Waals surface area contributed by atoms with Crippen molar-refractivity contribution in [1.82, 2.24) is 10.2 Å². The van der Waals surface area contributed by atoms with Crippen LogP contribution in [0, 0.1) is 0 Å². The maximum Gasteiger partial charge on any atom is 0.314 e. The molecule has 0 unspecified atom stereocenters. The smallest absolute Gasteiger partial charge is 0.314 e. The third-order valence-corrected chi connectivity index (χ3v) is 3.93. The van der Waals surface area contributed by atoms with Gasteiger partial charge in [0, 0.05) is 25.2 Å². The maximum absolute atomic E-state index is 12.0. The van der Waals surface area contributed by atoms with Crippen molar-refractivity contribution in [2.24, 2.45) is 5.73 Å². The Hall–Kier alpha value is -2.50. The number of likely N-dealkylation sites (tertiary alicyclic amines) is 1. The van der Waals surface area contributed by atoms with Gasteiger partial charge in [-0.1, -0.05) is 19.1 Å². The summed E-state index contributed by atoms with van der Waals surface area (Å²) in [7, 11) is 0. The minimum Gasteiger partial charge on any atom is -0.494 e. The summed E-state index contributed by atoms with van der Waals surface area (Å²) in [6.07, 6.45) is 5.73. The molecule has 0 atom stereocenters. The van der Waals surface area contributed by atoms with E-state index in [1.807, 2.05) is 24.3 Å². The van der Waals surface area contributed by atoms with Crippen molar-refractivity contribution in [3.8, 4) is 5.75 Å². The average Bonchev–Trinajstić information content (AvgIpc) is 2.59. The number of benzene rings is 1. The van der Waals surface area contributed by atoms with Crippen LogP contribution in [0.1, 0.15) is 31.7 Å². The molecule has 0 aromatic heterocycles. The molecule has 1 aliphatic rings. The number of piperidine rings is 1. The number of nitrogens with two attached hydrogens (primary N) is 1. The van der Waals surface area contributed by atoms with Gasteiger partial charge in [0.25, 0.3) is 0 Å². The second-order valence-electron chi connectivity index (χ2n) is 5.86. The van der Waals surface area contributed by atoms with E-state index in [0.717, 1.165) is 30.6 Å². The van der Waals surface area contributed by atoms with Crippen LogP contribution in [-0.2, 0) is 4.79 Å². The lowest BCUT2D eigenvalue weighted by Gasteiger charge is -2.30. The Morgan fingerprint density at radius 1 is 1.29 bits per heavy atom. The lowest BCUT2D eigenvalue weighted by atomic mass is 10.1. The second-order valence-corrected chi connectivity index (χ2v) is 5.86. The lowest BCUT2D eigenvalue weighted by molar-refractivity contribution is -0.117. The number of hydrogen-bond donors (Lipinski definition) is 2. The van der Waals surface area contributed by atoms with Gasteiger partial charge in [0.2, 0.25) is 5.91 Å². The minimum atomic E-state index is -0.397. The standard InChI is InChI=1S/C18H25N3O3/c1-2-13-24-16-6-3-14(4-7-16)5-8-17(22)20-15-9-11-21(12-10-15)18(19)23/h3-8,15H,2,9-13H2,1H3,(H2,19,23)(H,20,22)/b8-5-. The first-order valence-electron chi connectivity index (χ1n) is 8.34. The Labute approximate surface area is 142 Å². The van der Waals surface area contributed by atoms with Crippen LogP contribution in [0.25, 0.3) is 6.08 Å². The zero-order valence-corrected chi connectivity index (χ0v) is 14.0. The zero-order chi connectivity index (χ0) is 17.4. The van der Waals surface area contributed by atoms with E-state index in [0.29, 0.717) is 19.7 Å². The van der Waals surface area contributed by atoms with Crippen molar-refractivity contribution in [2.45, 2.75) is 32.2 Å². The average molecular weight is 331 g/mol. The van der Waals surface area contributed by atoms with Crippen molar-refractivity contribution < 1.29 is 14.3 Å². The molecule has 3 N–H and O–H groups in total. The van der Waals surface area contributed by atoms with Crippen molar-refractivity contribution in [3.05, 3.63) is 35.9 Å². The number of nitrogens with one attached hydrogen (secondary N) is 1. The van der Waals surface area contributed by atoms with Gasteiger partial charge in [-0.2, -0.15) is 0 Å². The molecule has 24 heavy (non-hydrogen) atoms. The number of hydrogen-bond acceptors (Lipinski definition) is 3. The molecule has 1 fully saturated rings. The molecule has 2 rings (SSSR count). The van der Waals surface area contributed by atoms with Gasteiger partial charge in [0.15, 0.2) is 0 Å². The largest absolute Gasteiger partial charge is 0.494 e. The van der Waals surface area contributed by atoms with Gasteiger partial charge in [-0.05, 0) is 43.0 Å². The fraction of sp³-hybridized carbons (Fsp3) is 0.444. The van der Waals surface area contributed by atoms with E-state index < -0.39 is 6.03 Å². The molecule has 1 aromatic carbocycles. The summed E-state index contributed by atoms with van der Waals surface area (Å²) in [6.45, 7) is 3.94. The van der Waals surface area contributed by atoms with Crippen LogP contribution in [0.2, 0.25) is 0 Å². The van der Waals surface area contributed by atoms with E-state index in [4.69, 9.17) is 10.5 Å². The Morgan fingerprint density at radius 3 is 2.54 bits per heavy atom. The number of nitrogens with zero attached hydrogens (tertiary/aromatic N) is 1. The van der Waals surface area contributed by atoms with Crippen molar-refractivity contribution >= 4 is 18.0 Å². The van der Waals surface area contributed by atoms with E-state index >= 15 is 0 Å². The number of carbonyl (C=O) groups is 2. The summed E-state index contributed by atoms with van der Waals surface area (Å²) < 4.78 is 5.52. The Morgan fingerprint density at radius 2 is 1.96 bits per heavy atom. The normalized spacial score (nSPS) is 15.5. The summed E-state index contributed by atoms with van der Waals surface area (Å²) in [4.78, 5) is 24.6. The first-order valence-corrected chi connectivity index (χ1v) is 8.34. The third kappa shape index (κ3) is 5.61. The van der Waals surface area contributed by atoms with E-state index in [-0.39, 0.29) is 11.9 Å². The molecular weight excluding hydrogens is 306 g/mol. The van der Waals surface area contributed by atoms with Crippen LogP contribution in [0.5, 0.6) is 5.75 Å². The van der Waals surface area contributed by atoms with Crippen LogP contribution in [0.15, 0.2) is 30.3 Å². The van der Waals surface area contributed by atoms with Crippen LogP contribution in [0.3, 0.4) is 0 Å². The van der Waals surface area contributed by atoms with E-state index in [2.05, 4.69) is 12.2 Å². The summed E-state index contributed by atoms with van der Waals surface area (Å²) in [5.74, 6) is 0.707. The lowest BCUT2D eigenvalue weighted by Crippen LogP contribution is -2.47. The Kier molecular flexibility index (Phi) is 6.66. The van der Waals surface area contributed by atoms with Gasteiger partial charge in [-0.3, -0.25) is 4.79 Å².